The first kappa shape index (κ1) is 11.2. The molecule has 1 heteroatoms. The van der Waals surface area contributed by atoms with Crippen molar-refractivity contribution in [3.8, 4) is 22.3 Å². The molecule has 0 aliphatic rings. The van der Waals surface area contributed by atoms with E-state index in [4.69, 9.17) is 30.5 Å². The molecule has 0 unspecified atom stereocenters. The maximum Gasteiger partial charge on any atom is 0.143 e. The maximum absolute atomic E-state index is 9.68. The van der Waals surface area contributed by atoms with Gasteiger partial charge in [0.15, 0.2) is 0 Å². The van der Waals surface area contributed by atoms with Crippen molar-refractivity contribution in [1.29, 1.82) is 0 Å². The summed E-state index contributed by atoms with van der Waals surface area (Å²) in [7, 11) is 0. The van der Waals surface area contributed by atoms with Gasteiger partial charge in [-0.05, 0) is 89.6 Å². The molecule has 1 aromatic heterocycles. The van der Waals surface area contributed by atoms with Crippen LogP contribution in [0, 0.1) is 0 Å². The highest BCUT2D eigenvalue weighted by Crippen LogP contribution is 2.43. The standard InChI is InChI=1S/C47H30O/c1-3-15-35-30(11-1)13-9-14-34(35)29-43-38-17-5-7-19-40(38)45(41-20-8-6-18-39(41)43)33-25-23-32(24-26-33)36-21-10-22-44-46(36)42-28-27-31-12-2-4-16-37(31)47(42)48-44/h1-28H,29H2/i1D,2D,3D,4D,5D,6D,7D,8D,9D,10D,11D,12D,13D,14D,15D,16D,17D,18D,19D,20D,21D,22D,23D,24D,25D,26D,27D,28D. The molecule has 10 aromatic rings. The third-order valence-corrected chi connectivity index (χ3v) is 8.10. The second-order valence-corrected chi connectivity index (χ2v) is 10.6. The second-order valence-electron chi connectivity index (χ2n) is 10.6. The van der Waals surface area contributed by atoms with Crippen molar-refractivity contribution in [2.75, 3.05) is 0 Å². The van der Waals surface area contributed by atoms with E-state index in [0.29, 0.717) is 0 Å². The van der Waals surface area contributed by atoms with Gasteiger partial charge in [-0.2, -0.15) is 0 Å². The molecular weight excluding hydrogens is 581 g/mol. The third-order valence-electron chi connectivity index (χ3n) is 8.10. The molecule has 0 aliphatic carbocycles. The van der Waals surface area contributed by atoms with Crippen LogP contribution in [0.1, 0.15) is 49.5 Å². The summed E-state index contributed by atoms with van der Waals surface area (Å²) in [5.74, 6) is 0. The quantitative estimate of drug-likeness (QED) is 0.175. The Kier molecular flexibility index (Phi) is 2.50. The fourth-order valence-electron chi connectivity index (χ4n) is 6.02. The van der Waals surface area contributed by atoms with Crippen molar-refractivity contribution in [2.45, 2.75) is 6.42 Å². The van der Waals surface area contributed by atoms with E-state index in [1.807, 2.05) is 0 Å². The van der Waals surface area contributed by atoms with Gasteiger partial charge in [-0.3, -0.25) is 0 Å². The van der Waals surface area contributed by atoms with E-state index in [-0.39, 0.29) is 0 Å². The summed E-state index contributed by atoms with van der Waals surface area (Å²) in [6, 6.07) is -24.2. The van der Waals surface area contributed by atoms with Gasteiger partial charge in [0.1, 0.15) is 11.2 Å². The maximum atomic E-state index is 9.68. The smallest absolute Gasteiger partial charge is 0.143 e. The van der Waals surface area contributed by atoms with Crippen molar-refractivity contribution in [1.82, 2.24) is 0 Å². The van der Waals surface area contributed by atoms with Gasteiger partial charge in [0.2, 0.25) is 0 Å². The lowest BCUT2D eigenvalue weighted by Gasteiger charge is -2.18. The highest BCUT2D eigenvalue weighted by molar-refractivity contribution is 6.19. The molecule has 0 saturated carbocycles. The summed E-state index contributed by atoms with van der Waals surface area (Å²) >= 11 is 0. The molecule has 224 valence electrons. The van der Waals surface area contributed by atoms with Crippen LogP contribution in [-0.4, -0.2) is 0 Å². The minimum atomic E-state index is -1.07. The lowest BCUT2D eigenvalue weighted by molar-refractivity contribution is 0.673. The monoisotopic (exact) mass is 638 g/mol. The van der Waals surface area contributed by atoms with Crippen molar-refractivity contribution < 1.29 is 42.8 Å². The number of benzene rings is 9. The SMILES string of the molecule is [2H]c1c([2H])c(-c2c([2H])c([2H])c([2H])c3oc4c5c([2H])c([2H])c([2H])c([2H])c5c([2H])c([2H])c4c23)c([2H])c([2H])c1-c1c2c([2H])c([2H])c([2H])c([2H])c2c(Cc2c([2H])c([2H])c([2H])c3c([2H])c([2H])c([2H])c([2H])c23)c2c([2H])c([2H])c([2H])c([2H])c12. The Morgan fingerprint density at radius 2 is 0.979 bits per heavy atom. The molecule has 10 rings (SSSR count). The summed E-state index contributed by atoms with van der Waals surface area (Å²) in [6.07, 6.45) is -0.858. The molecular formula is C47H30O. The van der Waals surface area contributed by atoms with Crippen LogP contribution in [0.3, 0.4) is 0 Å². The largest absolute Gasteiger partial charge is 0.455 e. The Hall–Kier alpha value is -6.18. The van der Waals surface area contributed by atoms with E-state index in [1.54, 1.807) is 0 Å². The van der Waals surface area contributed by atoms with Crippen LogP contribution >= 0.6 is 0 Å². The molecule has 0 spiro atoms. The van der Waals surface area contributed by atoms with Crippen LogP contribution in [0.25, 0.3) is 87.3 Å². The zero-order chi connectivity index (χ0) is 56.0. The van der Waals surface area contributed by atoms with Crippen molar-refractivity contribution in [2.24, 2.45) is 0 Å². The van der Waals surface area contributed by atoms with E-state index in [1.165, 1.54) is 0 Å². The fraction of sp³-hybridized carbons (Fsp3) is 0.0213. The first-order valence-electron chi connectivity index (χ1n) is 28.4. The Morgan fingerprint density at radius 3 is 1.71 bits per heavy atom. The molecule has 1 nitrogen and oxygen atoms in total. The van der Waals surface area contributed by atoms with Gasteiger partial charge in [0.05, 0.1) is 38.4 Å². The first-order valence-corrected chi connectivity index (χ1v) is 14.4. The lowest BCUT2D eigenvalue weighted by atomic mass is 9.85. The summed E-state index contributed by atoms with van der Waals surface area (Å²) in [5.41, 5.74) is -4.90. The Balaban J connectivity index is 1.40. The second kappa shape index (κ2) is 10.7. The molecule has 0 amide bonds. The fourth-order valence-corrected chi connectivity index (χ4v) is 6.02. The van der Waals surface area contributed by atoms with Gasteiger partial charge in [0.25, 0.3) is 0 Å². The number of furan rings is 1. The number of fused-ring (bicyclic) bond motifs is 8. The predicted molar refractivity (Wildman–Crippen MR) is 204 cm³/mol. The predicted octanol–water partition coefficient (Wildman–Crippen LogP) is 13.1. The molecule has 9 aromatic carbocycles. The van der Waals surface area contributed by atoms with Crippen LogP contribution in [-0.2, 0) is 6.42 Å². The summed E-state index contributed by atoms with van der Waals surface area (Å²) in [6.45, 7) is 0. The minimum Gasteiger partial charge on any atom is -0.455 e. The molecule has 48 heavy (non-hydrogen) atoms. The van der Waals surface area contributed by atoms with Crippen LogP contribution < -0.4 is 0 Å². The molecule has 0 aliphatic heterocycles. The number of hydrogen-bond acceptors (Lipinski definition) is 1. The molecule has 0 bridgehead atoms. The van der Waals surface area contributed by atoms with E-state index < -0.39 is 274 Å². The van der Waals surface area contributed by atoms with Crippen LogP contribution in [0.4, 0.5) is 0 Å². The van der Waals surface area contributed by atoms with Crippen molar-refractivity contribution >= 4 is 65.0 Å². The van der Waals surface area contributed by atoms with Crippen molar-refractivity contribution in [3.63, 3.8) is 0 Å². The van der Waals surface area contributed by atoms with Gasteiger partial charge >= 0.3 is 0 Å². The molecule has 0 radical (unpaired) electrons. The first-order chi connectivity index (χ1) is 35.5. The average molecular weight is 639 g/mol. The van der Waals surface area contributed by atoms with E-state index in [2.05, 4.69) is 0 Å². The lowest BCUT2D eigenvalue weighted by Crippen LogP contribution is -1.96. The van der Waals surface area contributed by atoms with E-state index >= 15 is 0 Å². The number of hydrogen-bond donors (Lipinski definition) is 0. The van der Waals surface area contributed by atoms with Crippen molar-refractivity contribution in [3.05, 3.63) is 180 Å². The minimum absolute atomic E-state index is 0.412. The highest BCUT2D eigenvalue weighted by Gasteiger charge is 2.18. The zero-order valence-corrected chi connectivity index (χ0v) is 24.1. The van der Waals surface area contributed by atoms with Gasteiger partial charge in [-0.15, -0.1) is 0 Å². The number of rotatable bonds is 4. The zero-order valence-electron chi connectivity index (χ0n) is 52.1. The van der Waals surface area contributed by atoms with Gasteiger partial charge < -0.3 is 4.42 Å². The van der Waals surface area contributed by atoms with Crippen LogP contribution in [0.15, 0.2) is 174 Å². The topological polar surface area (TPSA) is 13.1 Å². The normalized spacial score (nSPS) is 20.0. The Morgan fingerprint density at radius 1 is 0.417 bits per heavy atom. The van der Waals surface area contributed by atoms with Gasteiger partial charge in [-0.1, -0.05) is 157 Å². The molecule has 0 N–H and O–H groups in total. The van der Waals surface area contributed by atoms with Gasteiger partial charge in [0, 0.05) is 16.2 Å². The van der Waals surface area contributed by atoms with Crippen LogP contribution in [0.5, 0.6) is 0 Å². The van der Waals surface area contributed by atoms with E-state index in [9.17, 15) is 12.3 Å². The van der Waals surface area contributed by atoms with Gasteiger partial charge in [-0.25, -0.2) is 0 Å². The van der Waals surface area contributed by atoms with E-state index in [0.717, 1.165) is 0 Å². The Bertz CT molecular complexity index is 4340. The molecule has 0 saturated heterocycles. The average Bonchev–Trinajstić information content (AvgIpc) is 3.80. The summed E-state index contributed by atoms with van der Waals surface area (Å²) in [5, 5.41) is -5.19. The summed E-state index contributed by atoms with van der Waals surface area (Å²) < 4.78 is 257. The Labute approximate surface area is 317 Å². The molecule has 0 atom stereocenters. The highest BCUT2D eigenvalue weighted by atomic mass is 16.3. The molecule has 0 fully saturated rings. The van der Waals surface area contributed by atoms with Crippen LogP contribution in [0.2, 0.25) is 0 Å². The third kappa shape index (κ3) is 4.11. The summed E-state index contributed by atoms with van der Waals surface area (Å²) in [4.78, 5) is 0. The molecule has 1 heterocycles.